The lowest BCUT2D eigenvalue weighted by Gasteiger charge is -2.34. The molecule has 2 fully saturated rings. The molecule has 0 spiro atoms. The number of fused-ring (bicyclic) bond motifs is 1. The Bertz CT molecular complexity index is 915. The fourth-order valence-electron chi connectivity index (χ4n) is 4.30. The average Bonchev–Trinajstić information content (AvgIpc) is 3.69. The topological polar surface area (TPSA) is 91.9 Å². The zero-order valence-corrected chi connectivity index (χ0v) is 18.2. The maximum absolute atomic E-state index is 12.6. The average molecular weight is 439 g/mol. The van der Waals surface area contributed by atoms with Gasteiger partial charge in [0.05, 0.1) is 6.04 Å². The summed E-state index contributed by atoms with van der Waals surface area (Å²) in [5.74, 6) is 2.81. The Morgan fingerprint density at radius 2 is 1.81 bits per heavy atom. The number of nitrogens with zero attached hydrogens (tertiary/aromatic N) is 4. The molecule has 9 nitrogen and oxygen atoms in total. The zero-order chi connectivity index (χ0) is 21.8. The molecular formula is C23H30N6O3. The number of hydrogen-bond donors (Lipinski definition) is 2. The van der Waals surface area contributed by atoms with E-state index in [2.05, 4.69) is 30.4 Å². The number of ether oxygens (including phenoxy) is 2. The van der Waals surface area contributed by atoms with Crippen LogP contribution in [0.15, 0.2) is 36.7 Å². The largest absolute Gasteiger partial charge is 0.486 e. The first-order chi connectivity index (χ1) is 15.8. The summed E-state index contributed by atoms with van der Waals surface area (Å²) >= 11 is 0. The van der Waals surface area contributed by atoms with E-state index in [0.717, 1.165) is 68.6 Å². The Hall–Kier alpha value is -3.07. The van der Waals surface area contributed by atoms with E-state index in [4.69, 9.17) is 9.47 Å². The van der Waals surface area contributed by atoms with Crippen LogP contribution in [-0.4, -0.2) is 73.4 Å². The van der Waals surface area contributed by atoms with E-state index in [1.54, 1.807) is 12.4 Å². The first-order valence-corrected chi connectivity index (χ1v) is 11.4. The molecule has 32 heavy (non-hydrogen) atoms. The Kier molecular flexibility index (Phi) is 6.24. The Labute approximate surface area is 188 Å². The quantitative estimate of drug-likeness (QED) is 0.681. The van der Waals surface area contributed by atoms with Crippen molar-refractivity contribution >= 4 is 12.0 Å². The minimum absolute atomic E-state index is 0.000226. The number of piperazine rings is 1. The lowest BCUT2D eigenvalue weighted by molar-refractivity contribution is 0.171. The van der Waals surface area contributed by atoms with Crippen molar-refractivity contribution in [2.45, 2.75) is 18.9 Å². The number of anilines is 1. The van der Waals surface area contributed by atoms with E-state index in [1.807, 2.05) is 24.3 Å². The molecule has 5 rings (SSSR count). The van der Waals surface area contributed by atoms with E-state index in [9.17, 15) is 4.79 Å². The second-order valence-electron chi connectivity index (χ2n) is 8.50. The number of carbonyl (C=O) groups excluding carboxylic acids is 1. The predicted octanol–water partition coefficient (Wildman–Crippen LogP) is 1.82. The summed E-state index contributed by atoms with van der Waals surface area (Å²) in [6, 6.07) is 7.70. The standard InChI is InChI=1S/C23H30N6O3/c30-23(26-8-9-28-10-12-29(13-11-28)22-24-6-1-7-25-22)27-21(17-2-3-17)18-4-5-19-20(16-18)32-15-14-31-19/h1,4-7,16-17,21H,2-3,8-15H2,(H2,26,27,30). The smallest absolute Gasteiger partial charge is 0.315 e. The summed E-state index contributed by atoms with van der Waals surface area (Å²) < 4.78 is 11.3. The van der Waals surface area contributed by atoms with Gasteiger partial charge in [-0.3, -0.25) is 4.90 Å². The first-order valence-electron chi connectivity index (χ1n) is 11.4. The van der Waals surface area contributed by atoms with Crippen LogP contribution in [0.3, 0.4) is 0 Å². The van der Waals surface area contributed by atoms with Crippen molar-refractivity contribution in [1.82, 2.24) is 25.5 Å². The first kappa shape index (κ1) is 20.8. The van der Waals surface area contributed by atoms with E-state index >= 15 is 0 Å². The van der Waals surface area contributed by atoms with Crippen LogP contribution in [0.5, 0.6) is 11.5 Å². The van der Waals surface area contributed by atoms with Gasteiger partial charge in [-0.2, -0.15) is 0 Å². The number of urea groups is 1. The maximum atomic E-state index is 12.6. The molecule has 3 heterocycles. The van der Waals surface area contributed by atoms with Gasteiger partial charge in [-0.15, -0.1) is 0 Å². The molecule has 1 atom stereocenters. The van der Waals surface area contributed by atoms with Gasteiger partial charge in [0.25, 0.3) is 0 Å². The molecule has 1 aliphatic carbocycles. The Morgan fingerprint density at radius 1 is 1.06 bits per heavy atom. The minimum Gasteiger partial charge on any atom is -0.486 e. The predicted molar refractivity (Wildman–Crippen MR) is 120 cm³/mol. The second kappa shape index (κ2) is 9.60. The van der Waals surface area contributed by atoms with Crippen molar-refractivity contribution in [1.29, 1.82) is 0 Å². The number of rotatable bonds is 7. The van der Waals surface area contributed by atoms with E-state index in [-0.39, 0.29) is 12.1 Å². The molecule has 1 saturated carbocycles. The van der Waals surface area contributed by atoms with Crippen LogP contribution in [0.1, 0.15) is 24.4 Å². The number of carbonyl (C=O) groups is 1. The Balaban J connectivity index is 1.08. The van der Waals surface area contributed by atoms with Crippen molar-refractivity contribution in [3.05, 3.63) is 42.2 Å². The highest BCUT2D eigenvalue weighted by Crippen LogP contribution is 2.43. The summed E-state index contributed by atoms with van der Waals surface area (Å²) in [6.07, 6.45) is 5.82. The molecule has 1 unspecified atom stereocenters. The molecule has 2 amide bonds. The number of aromatic nitrogens is 2. The molecule has 170 valence electrons. The number of amides is 2. The third kappa shape index (κ3) is 5.04. The highest BCUT2D eigenvalue weighted by atomic mass is 16.6. The monoisotopic (exact) mass is 438 g/mol. The van der Waals surface area contributed by atoms with Crippen molar-refractivity contribution in [3.63, 3.8) is 0 Å². The van der Waals surface area contributed by atoms with Gasteiger partial charge in [-0.05, 0) is 42.5 Å². The van der Waals surface area contributed by atoms with Gasteiger partial charge >= 0.3 is 6.03 Å². The third-order valence-electron chi connectivity index (χ3n) is 6.23. The molecule has 2 aromatic rings. The van der Waals surface area contributed by atoms with Crippen LogP contribution < -0.4 is 25.0 Å². The normalized spacial score (nSPS) is 19.3. The SMILES string of the molecule is O=C(NCCN1CCN(c2ncccn2)CC1)NC(c1ccc2c(c1)OCCO2)C1CC1. The van der Waals surface area contributed by atoms with Gasteiger partial charge in [0.2, 0.25) is 5.95 Å². The van der Waals surface area contributed by atoms with Crippen LogP contribution in [0.25, 0.3) is 0 Å². The Morgan fingerprint density at radius 3 is 2.56 bits per heavy atom. The molecule has 1 aromatic carbocycles. The fraction of sp³-hybridized carbons (Fsp3) is 0.522. The molecule has 2 N–H and O–H groups in total. The minimum atomic E-state index is -0.117. The lowest BCUT2D eigenvalue weighted by atomic mass is 10.0. The van der Waals surface area contributed by atoms with Crippen LogP contribution in [0.4, 0.5) is 10.7 Å². The molecule has 9 heteroatoms. The summed E-state index contributed by atoms with van der Waals surface area (Å²) in [5.41, 5.74) is 1.08. The van der Waals surface area contributed by atoms with Crippen LogP contribution in [-0.2, 0) is 0 Å². The number of nitrogens with one attached hydrogen (secondary N) is 2. The highest BCUT2D eigenvalue weighted by Gasteiger charge is 2.34. The van der Waals surface area contributed by atoms with Crippen molar-refractivity contribution in [2.75, 3.05) is 57.4 Å². The molecule has 1 aromatic heterocycles. The van der Waals surface area contributed by atoms with Gasteiger partial charge in [0, 0.05) is 51.7 Å². The second-order valence-corrected chi connectivity index (χ2v) is 8.50. The number of benzene rings is 1. The molecular weight excluding hydrogens is 408 g/mol. The van der Waals surface area contributed by atoms with Gasteiger partial charge in [-0.25, -0.2) is 14.8 Å². The molecule has 3 aliphatic rings. The van der Waals surface area contributed by atoms with Crippen LogP contribution >= 0.6 is 0 Å². The van der Waals surface area contributed by atoms with E-state index < -0.39 is 0 Å². The van der Waals surface area contributed by atoms with Crippen molar-refractivity contribution in [2.24, 2.45) is 5.92 Å². The van der Waals surface area contributed by atoms with Crippen LogP contribution in [0, 0.1) is 5.92 Å². The highest BCUT2D eigenvalue weighted by molar-refractivity contribution is 5.74. The summed E-state index contributed by atoms with van der Waals surface area (Å²) in [5, 5.41) is 6.21. The maximum Gasteiger partial charge on any atom is 0.315 e. The summed E-state index contributed by atoms with van der Waals surface area (Å²) in [4.78, 5) is 25.8. The van der Waals surface area contributed by atoms with Gasteiger partial charge in [-0.1, -0.05) is 6.07 Å². The van der Waals surface area contributed by atoms with Gasteiger partial charge < -0.3 is 25.0 Å². The van der Waals surface area contributed by atoms with Crippen LogP contribution in [0.2, 0.25) is 0 Å². The van der Waals surface area contributed by atoms with Gasteiger partial charge in [0.15, 0.2) is 11.5 Å². The fourth-order valence-corrected chi connectivity index (χ4v) is 4.30. The van der Waals surface area contributed by atoms with Crippen molar-refractivity contribution < 1.29 is 14.3 Å². The number of hydrogen-bond acceptors (Lipinski definition) is 7. The van der Waals surface area contributed by atoms with E-state index in [1.165, 1.54) is 0 Å². The van der Waals surface area contributed by atoms with Gasteiger partial charge in [0.1, 0.15) is 13.2 Å². The summed E-state index contributed by atoms with van der Waals surface area (Å²) in [7, 11) is 0. The third-order valence-corrected chi connectivity index (χ3v) is 6.23. The molecule has 2 aliphatic heterocycles. The molecule has 0 radical (unpaired) electrons. The van der Waals surface area contributed by atoms with E-state index in [0.29, 0.717) is 25.7 Å². The lowest BCUT2D eigenvalue weighted by Crippen LogP contribution is -2.49. The molecule has 1 saturated heterocycles. The molecule has 0 bridgehead atoms. The van der Waals surface area contributed by atoms with Crippen molar-refractivity contribution in [3.8, 4) is 11.5 Å². The summed E-state index contributed by atoms with van der Waals surface area (Å²) in [6.45, 7) is 6.24. The zero-order valence-electron chi connectivity index (χ0n) is 18.2.